The Morgan fingerprint density at radius 3 is 2.77 bits per heavy atom. The highest BCUT2D eigenvalue weighted by Crippen LogP contribution is 2.40. The molecule has 0 spiro atoms. The van der Waals surface area contributed by atoms with Crippen LogP contribution < -0.4 is 5.32 Å². The summed E-state index contributed by atoms with van der Waals surface area (Å²) in [4.78, 5) is 27.9. The van der Waals surface area contributed by atoms with Gasteiger partial charge in [-0.05, 0) is 31.9 Å². The molecule has 22 heavy (non-hydrogen) atoms. The lowest BCUT2D eigenvalue weighted by Gasteiger charge is -2.14. The lowest BCUT2D eigenvalue weighted by atomic mass is 10.0. The first-order chi connectivity index (χ1) is 10.5. The molecule has 1 saturated carbocycles. The average Bonchev–Trinajstić information content (AvgIpc) is 3.29. The predicted molar refractivity (Wildman–Crippen MR) is 82.9 cm³/mol. The normalized spacial score (nSPS) is 15.5. The second kappa shape index (κ2) is 5.75. The molecule has 0 bridgehead atoms. The molecule has 1 atom stereocenters. The molecule has 5 heteroatoms. The second-order valence-electron chi connectivity index (χ2n) is 5.86. The van der Waals surface area contributed by atoms with Crippen molar-refractivity contribution in [2.75, 3.05) is 0 Å². The molecule has 1 aliphatic rings. The zero-order chi connectivity index (χ0) is 15.7. The van der Waals surface area contributed by atoms with Gasteiger partial charge in [-0.25, -0.2) is 0 Å². The highest BCUT2D eigenvalue weighted by atomic mass is 16.4. The monoisotopic (exact) mass is 298 g/mol. The number of benzene rings is 1. The number of rotatable bonds is 5. The summed E-state index contributed by atoms with van der Waals surface area (Å²) in [5, 5.41) is 12.4. The summed E-state index contributed by atoms with van der Waals surface area (Å²) >= 11 is 0. The summed E-state index contributed by atoms with van der Waals surface area (Å²) in [6.45, 7) is 1.69. The number of amides is 1. The van der Waals surface area contributed by atoms with Crippen molar-refractivity contribution >= 4 is 22.8 Å². The number of aliphatic carboxylic acids is 1. The maximum atomic E-state index is 12.5. The quantitative estimate of drug-likeness (QED) is 0.889. The van der Waals surface area contributed by atoms with Crippen molar-refractivity contribution < 1.29 is 14.7 Å². The van der Waals surface area contributed by atoms with Gasteiger partial charge in [-0.3, -0.25) is 14.6 Å². The molecule has 1 aliphatic carbocycles. The van der Waals surface area contributed by atoms with E-state index in [1.54, 1.807) is 6.92 Å². The number of nitrogens with one attached hydrogen (secondary N) is 1. The number of pyridine rings is 1. The Labute approximate surface area is 128 Å². The Hall–Kier alpha value is -2.43. The average molecular weight is 298 g/mol. The van der Waals surface area contributed by atoms with Crippen LogP contribution in [0, 0.1) is 0 Å². The number of fused-ring (bicyclic) bond motifs is 1. The van der Waals surface area contributed by atoms with Gasteiger partial charge in [0.15, 0.2) is 0 Å². The molecule has 2 aromatic rings. The molecule has 114 valence electrons. The molecule has 1 heterocycles. The third kappa shape index (κ3) is 3.08. The first kappa shape index (κ1) is 14.5. The Morgan fingerprint density at radius 2 is 2.09 bits per heavy atom. The Balaban J connectivity index is 1.94. The number of hydrogen-bond donors (Lipinski definition) is 2. The van der Waals surface area contributed by atoms with Crippen molar-refractivity contribution in [3.8, 4) is 0 Å². The van der Waals surface area contributed by atoms with Crippen LogP contribution in [0.15, 0.2) is 30.3 Å². The first-order valence-corrected chi connectivity index (χ1v) is 7.47. The van der Waals surface area contributed by atoms with Crippen LogP contribution in [0.3, 0.4) is 0 Å². The van der Waals surface area contributed by atoms with Crippen molar-refractivity contribution in [1.82, 2.24) is 10.3 Å². The molecular weight excluding hydrogens is 280 g/mol. The van der Waals surface area contributed by atoms with E-state index >= 15 is 0 Å². The van der Waals surface area contributed by atoms with Gasteiger partial charge in [-0.15, -0.1) is 0 Å². The van der Waals surface area contributed by atoms with Crippen molar-refractivity contribution in [2.45, 2.75) is 38.1 Å². The van der Waals surface area contributed by atoms with Crippen LogP contribution in [-0.2, 0) is 4.79 Å². The van der Waals surface area contributed by atoms with Gasteiger partial charge in [0.25, 0.3) is 5.91 Å². The number of carbonyl (C=O) groups excluding carboxylic acids is 1. The fraction of sp³-hybridized carbons (Fsp3) is 0.353. The standard InChI is InChI=1S/C17H18N2O3/c1-10(8-16(20)21)18-17(22)13-9-15(11-6-7-11)19-14-5-3-2-4-12(13)14/h2-5,9-11H,6-8H2,1H3,(H,18,22)(H,20,21). The molecule has 3 rings (SSSR count). The van der Waals surface area contributed by atoms with Crippen molar-refractivity contribution in [2.24, 2.45) is 0 Å². The summed E-state index contributed by atoms with van der Waals surface area (Å²) in [6.07, 6.45) is 2.13. The molecule has 5 nitrogen and oxygen atoms in total. The van der Waals surface area contributed by atoms with Gasteiger partial charge < -0.3 is 10.4 Å². The smallest absolute Gasteiger partial charge is 0.305 e. The zero-order valence-electron chi connectivity index (χ0n) is 12.4. The highest BCUT2D eigenvalue weighted by molar-refractivity contribution is 6.06. The van der Waals surface area contributed by atoms with Crippen molar-refractivity contribution in [3.63, 3.8) is 0 Å². The van der Waals surface area contributed by atoms with Crippen LogP contribution in [0.2, 0.25) is 0 Å². The lowest BCUT2D eigenvalue weighted by Crippen LogP contribution is -2.34. The van der Waals surface area contributed by atoms with Crippen LogP contribution in [0.25, 0.3) is 10.9 Å². The molecule has 0 aliphatic heterocycles. The number of para-hydroxylation sites is 1. The molecule has 1 aromatic heterocycles. The summed E-state index contributed by atoms with van der Waals surface area (Å²) in [7, 11) is 0. The summed E-state index contributed by atoms with van der Waals surface area (Å²) in [6, 6.07) is 8.98. The molecular formula is C17H18N2O3. The minimum absolute atomic E-state index is 0.0930. The predicted octanol–water partition coefficient (Wildman–Crippen LogP) is 2.71. The highest BCUT2D eigenvalue weighted by Gasteiger charge is 2.27. The Morgan fingerprint density at radius 1 is 1.36 bits per heavy atom. The summed E-state index contributed by atoms with van der Waals surface area (Å²) in [5.74, 6) is -0.715. The van der Waals surface area contributed by atoms with Crippen LogP contribution in [0.5, 0.6) is 0 Å². The fourth-order valence-electron chi connectivity index (χ4n) is 2.59. The number of carboxylic acids is 1. The van der Waals surface area contributed by atoms with Crippen LogP contribution in [0.4, 0.5) is 0 Å². The van der Waals surface area contributed by atoms with E-state index in [-0.39, 0.29) is 12.3 Å². The van der Waals surface area contributed by atoms with Gasteiger partial charge in [0.05, 0.1) is 17.5 Å². The van der Waals surface area contributed by atoms with Crippen LogP contribution >= 0.6 is 0 Å². The van der Waals surface area contributed by atoms with E-state index in [0.717, 1.165) is 29.4 Å². The van der Waals surface area contributed by atoms with E-state index in [1.807, 2.05) is 30.3 Å². The second-order valence-corrected chi connectivity index (χ2v) is 5.86. The number of nitrogens with zero attached hydrogens (tertiary/aromatic N) is 1. The SMILES string of the molecule is CC(CC(=O)O)NC(=O)c1cc(C2CC2)nc2ccccc12. The van der Waals surface area contributed by atoms with E-state index in [2.05, 4.69) is 10.3 Å². The topological polar surface area (TPSA) is 79.3 Å². The van der Waals surface area contributed by atoms with Gasteiger partial charge >= 0.3 is 5.97 Å². The first-order valence-electron chi connectivity index (χ1n) is 7.47. The van der Waals surface area contributed by atoms with Gasteiger partial charge in [0.2, 0.25) is 0 Å². The third-order valence-electron chi connectivity index (χ3n) is 3.83. The fourth-order valence-corrected chi connectivity index (χ4v) is 2.59. The molecule has 0 saturated heterocycles. The van der Waals surface area contributed by atoms with Gasteiger partial charge in [0.1, 0.15) is 0 Å². The summed E-state index contributed by atoms with van der Waals surface area (Å²) in [5.41, 5.74) is 2.34. The molecule has 1 fully saturated rings. The van der Waals surface area contributed by atoms with E-state index in [4.69, 9.17) is 5.11 Å². The zero-order valence-corrected chi connectivity index (χ0v) is 12.4. The minimum Gasteiger partial charge on any atom is -0.481 e. The van der Waals surface area contributed by atoms with Crippen LogP contribution in [-0.4, -0.2) is 28.0 Å². The van der Waals surface area contributed by atoms with Crippen molar-refractivity contribution in [1.29, 1.82) is 0 Å². The largest absolute Gasteiger partial charge is 0.481 e. The lowest BCUT2D eigenvalue weighted by molar-refractivity contribution is -0.137. The van der Waals surface area contributed by atoms with Gasteiger partial charge in [0, 0.05) is 23.0 Å². The number of carboxylic acid groups (broad SMARTS) is 1. The van der Waals surface area contributed by atoms with Crippen molar-refractivity contribution in [3.05, 3.63) is 41.6 Å². The third-order valence-corrected chi connectivity index (χ3v) is 3.83. The number of aromatic nitrogens is 1. The van der Waals surface area contributed by atoms with E-state index in [1.165, 1.54) is 0 Å². The Bertz CT molecular complexity index is 738. The molecule has 1 amide bonds. The minimum atomic E-state index is -0.925. The van der Waals surface area contributed by atoms with E-state index < -0.39 is 12.0 Å². The van der Waals surface area contributed by atoms with Gasteiger partial charge in [-0.2, -0.15) is 0 Å². The van der Waals surface area contributed by atoms with Crippen LogP contribution in [0.1, 0.15) is 48.2 Å². The maximum Gasteiger partial charge on any atom is 0.305 e. The Kier molecular flexibility index (Phi) is 3.79. The molecule has 1 aromatic carbocycles. The number of carbonyl (C=O) groups is 2. The maximum absolute atomic E-state index is 12.5. The summed E-state index contributed by atoms with van der Waals surface area (Å²) < 4.78 is 0. The molecule has 1 unspecified atom stereocenters. The molecule has 2 N–H and O–H groups in total. The molecule has 0 radical (unpaired) electrons. The van der Waals surface area contributed by atoms with E-state index in [9.17, 15) is 9.59 Å². The van der Waals surface area contributed by atoms with Gasteiger partial charge in [-0.1, -0.05) is 18.2 Å². The van der Waals surface area contributed by atoms with E-state index in [0.29, 0.717) is 11.5 Å². The number of hydrogen-bond acceptors (Lipinski definition) is 3.